The first-order chi connectivity index (χ1) is 7.11. The Morgan fingerprint density at radius 3 is 2.40 bits per heavy atom. The summed E-state index contributed by atoms with van der Waals surface area (Å²) < 4.78 is 5.73. The summed E-state index contributed by atoms with van der Waals surface area (Å²) in [6.07, 6.45) is 2.73. The second-order valence-corrected chi connectivity index (χ2v) is 4.37. The van der Waals surface area contributed by atoms with Gasteiger partial charge >= 0.3 is 0 Å². The predicted molar refractivity (Wildman–Crippen MR) is 65.2 cm³/mol. The van der Waals surface area contributed by atoms with Crippen LogP contribution in [-0.4, -0.2) is 12.2 Å². The molecule has 0 bridgehead atoms. The summed E-state index contributed by atoms with van der Waals surface area (Å²) >= 11 is 0. The van der Waals surface area contributed by atoms with Gasteiger partial charge in [-0.25, -0.2) is 0 Å². The lowest BCUT2D eigenvalue weighted by Crippen LogP contribution is -2.16. The highest BCUT2D eigenvalue weighted by atomic mass is 16.5. The smallest absolute Gasteiger partial charge is 0.0590 e. The molecule has 1 atom stereocenters. The average molecular weight is 206 g/mol. The van der Waals surface area contributed by atoms with Gasteiger partial charge in [-0.3, -0.25) is 0 Å². The molecule has 0 radical (unpaired) electrons. The van der Waals surface area contributed by atoms with Crippen LogP contribution in [0.2, 0.25) is 0 Å². The number of hydrogen-bond donors (Lipinski definition) is 0. The van der Waals surface area contributed by atoms with Gasteiger partial charge in [0, 0.05) is 0 Å². The first kappa shape index (κ1) is 12.3. The summed E-state index contributed by atoms with van der Waals surface area (Å²) in [6, 6.07) is 8.77. The largest absolute Gasteiger partial charge is 0.376 e. The Morgan fingerprint density at radius 1 is 1.13 bits per heavy atom. The molecule has 0 spiro atoms. The van der Waals surface area contributed by atoms with Gasteiger partial charge < -0.3 is 4.74 Å². The molecule has 1 unspecified atom stereocenters. The van der Waals surface area contributed by atoms with Gasteiger partial charge in [0.15, 0.2) is 0 Å². The highest BCUT2D eigenvalue weighted by molar-refractivity contribution is 5.23. The maximum absolute atomic E-state index is 5.73. The van der Waals surface area contributed by atoms with E-state index in [0.717, 1.165) is 12.8 Å². The minimum Gasteiger partial charge on any atom is -0.376 e. The first-order valence-electron chi connectivity index (χ1n) is 5.85. The van der Waals surface area contributed by atoms with Crippen LogP contribution < -0.4 is 0 Å². The fourth-order valence-corrected chi connectivity index (χ4v) is 1.82. The van der Waals surface area contributed by atoms with Gasteiger partial charge in [0.25, 0.3) is 0 Å². The summed E-state index contributed by atoms with van der Waals surface area (Å²) in [7, 11) is 0. The van der Waals surface area contributed by atoms with Gasteiger partial charge in [0.2, 0.25) is 0 Å². The van der Waals surface area contributed by atoms with Crippen molar-refractivity contribution in [2.24, 2.45) is 0 Å². The highest BCUT2D eigenvalue weighted by Crippen LogP contribution is 2.10. The number of hydrogen-bond acceptors (Lipinski definition) is 1. The molecule has 1 aromatic carbocycles. The molecule has 0 aliphatic rings. The molecule has 1 heteroatoms. The molecule has 1 rings (SSSR count). The molecule has 0 aromatic heterocycles. The van der Waals surface area contributed by atoms with Gasteiger partial charge in [0.1, 0.15) is 0 Å². The van der Waals surface area contributed by atoms with Gasteiger partial charge in [-0.05, 0) is 44.7 Å². The zero-order valence-electron chi connectivity index (χ0n) is 10.3. The minimum absolute atomic E-state index is 0.303. The zero-order valence-corrected chi connectivity index (χ0v) is 10.3. The minimum atomic E-state index is 0.303. The van der Waals surface area contributed by atoms with E-state index in [-0.39, 0.29) is 0 Å². The van der Waals surface area contributed by atoms with Crippen molar-refractivity contribution >= 4 is 0 Å². The van der Waals surface area contributed by atoms with Crippen LogP contribution in [0.1, 0.15) is 38.8 Å². The Kier molecular flexibility index (Phi) is 4.83. The zero-order chi connectivity index (χ0) is 11.3. The van der Waals surface area contributed by atoms with E-state index in [9.17, 15) is 0 Å². The molecule has 0 aliphatic heterocycles. The Labute approximate surface area is 93.5 Å². The Hall–Kier alpha value is -0.820. The Balaban J connectivity index is 2.55. The lowest BCUT2D eigenvalue weighted by molar-refractivity contribution is 0.0195. The number of aryl methyl sites for hydroxylation is 1. The summed E-state index contributed by atoms with van der Waals surface area (Å²) in [5.41, 5.74) is 2.78. The van der Waals surface area contributed by atoms with Gasteiger partial charge in [0.05, 0.1) is 12.2 Å². The van der Waals surface area contributed by atoms with Crippen LogP contribution in [0, 0.1) is 0 Å². The molecule has 1 aromatic rings. The van der Waals surface area contributed by atoms with Crippen molar-refractivity contribution in [3.63, 3.8) is 0 Å². The second-order valence-electron chi connectivity index (χ2n) is 4.37. The summed E-state index contributed by atoms with van der Waals surface area (Å²) in [5, 5.41) is 0. The standard InChI is InChI=1S/C14H22O/c1-5-13-7-6-8-14(10-13)9-12(4)15-11(2)3/h6-8,10-12H,5,9H2,1-4H3. The average Bonchev–Trinajstić information content (AvgIpc) is 2.16. The van der Waals surface area contributed by atoms with Gasteiger partial charge in [-0.2, -0.15) is 0 Å². The fourth-order valence-electron chi connectivity index (χ4n) is 1.82. The Bertz CT molecular complexity index is 291. The molecule has 0 fully saturated rings. The van der Waals surface area contributed by atoms with Crippen LogP contribution in [0.5, 0.6) is 0 Å². The molecular weight excluding hydrogens is 184 g/mol. The van der Waals surface area contributed by atoms with E-state index in [1.165, 1.54) is 11.1 Å². The summed E-state index contributed by atoms with van der Waals surface area (Å²) in [6.45, 7) is 8.49. The van der Waals surface area contributed by atoms with Crippen LogP contribution in [0.3, 0.4) is 0 Å². The summed E-state index contributed by atoms with van der Waals surface area (Å²) in [5.74, 6) is 0. The third-order valence-electron chi connectivity index (χ3n) is 2.43. The van der Waals surface area contributed by atoms with E-state index in [4.69, 9.17) is 4.74 Å². The van der Waals surface area contributed by atoms with Crippen molar-refractivity contribution in [2.45, 2.75) is 52.7 Å². The van der Waals surface area contributed by atoms with Gasteiger partial charge in [-0.1, -0.05) is 31.2 Å². The quantitative estimate of drug-likeness (QED) is 0.715. The van der Waals surface area contributed by atoms with Crippen molar-refractivity contribution in [1.82, 2.24) is 0 Å². The molecule has 84 valence electrons. The monoisotopic (exact) mass is 206 g/mol. The van der Waals surface area contributed by atoms with Crippen LogP contribution >= 0.6 is 0 Å². The molecule has 0 N–H and O–H groups in total. The normalized spacial score (nSPS) is 13.1. The highest BCUT2D eigenvalue weighted by Gasteiger charge is 2.06. The van der Waals surface area contributed by atoms with Crippen LogP contribution in [0.25, 0.3) is 0 Å². The SMILES string of the molecule is CCc1cccc(CC(C)OC(C)C)c1. The second kappa shape index (κ2) is 5.92. The summed E-state index contributed by atoms with van der Waals surface area (Å²) in [4.78, 5) is 0. The number of ether oxygens (including phenoxy) is 1. The van der Waals surface area contributed by atoms with E-state index >= 15 is 0 Å². The molecule has 15 heavy (non-hydrogen) atoms. The topological polar surface area (TPSA) is 9.23 Å². The molecule has 0 saturated carbocycles. The van der Waals surface area contributed by atoms with E-state index in [2.05, 4.69) is 52.0 Å². The van der Waals surface area contributed by atoms with E-state index in [1.807, 2.05) is 0 Å². The van der Waals surface area contributed by atoms with Crippen molar-refractivity contribution < 1.29 is 4.74 Å². The molecule has 0 aliphatic carbocycles. The van der Waals surface area contributed by atoms with Crippen molar-refractivity contribution in [3.05, 3.63) is 35.4 Å². The van der Waals surface area contributed by atoms with Gasteiger partial charge in [-0.15, -0.1) is 0 Å². The van der Waals surface area contributed by atoms with Crippen LogP contribution in [0.15, 0.2) is 24.3 Å². The molecule has 1 nitrogen and oxygen atoms in total. The lowest BCUT2D eigenvalue weighted by Gasteiger charge is -2.16. The van der Waals surface area contributed by atoms with E-state index in [0.29, 0.717) is 12.2 Å². The maximum atomic E-state index is 5.73. The lowest BCUT2D eigenvalue weighted by atomic mass is 10.0. The number of benzene rings is 1. The van der Waals surface area contributed by atoms with Crippen molar-refractivity contribution in [2.75, 3.05) is 0 Å². The molecule has 0 saturated heterocycles. The molecular formula is C14H22O. The third kappa shape index (κ3) is 4.48. The van der Waals surface area contributed by atoms with E-state index in [1.54, 1.807) is 0 Å². The first-order valence-corrected chi connectivity index (χ1v) is 5.85. The molecule has 0 amide bonds. The fraction of sp³-hybridized carbons (Fsp3) is 0.571. The third-order valence-corrected chi connectivity index (χ3v) is 2.43. The van der Waals surface area contributed by atoms with Crippen molar-refractivity contribution in [1.29, 1.82) is 0 Å². The van der Waals surface area contributed by atoms with Crippen LogP contribution in [0.4, 0.5) is 0 Å². The van der Waals surface area contributed by atoms with Crippen LogP contribution in [-0.2, 0) is 17.6 Å². The van der Waals surface area contributed by atoms with Crippen molar-refractivity contribution in [3.8, 4) is 0 Å². The van der Waals surface area contributed by atoms with E-state index < -0.39 is 0 Å². The Morgan fingerprint density at radius 2 is 1.80 bits per heavy atom. The predicted octanol–water partition coefficient (Wildman–Crippen LogP) is 3.61. The molecule has 0 heterocycles. The maximum Gasteiger partial charge on any atom is 0.0590 e. The number of rotatable bonds is 5.